The van der Waals surface area contributed by atoms with Gasteiger partial charge >= 0.3 is 0 Å². The van der Waals surface area contributed by atoms with E-state index in [-0.39, 0.29) is 0 Å². The van der Waals surface area contributed by atoms with E-state index in [9.17, 15) is 0 Å². The Kier molecular flexibility index (Phi) is 2.74. The fraction of sp³-hybridized carbons (Fsp3) is 0.0909. The van der Waals surface area contributed by atoms with Gasteiger partial charge in [0.2, 0.25) is 5.95 Å². The minimum absolute atomic E-state index is 0.348. The number of aromatic nitrogens is 3. The Morgan fingerprint density at radius 3 is 2.88 bits per heavy atom. The van der Waals surface area contributed by atoms with Crippen LogP contribution in [0.5, 0.6) is 0 Å². The Bertz CT molecular complexity index is 517. The van der Waals surface area contributed by atoms with Crippen LogP contribution in [0.25, 0.3) is 0 Å². The highest BCUT2D eigenvalue weighted by Gasteiger charge is 2.06. The number of hydrogen-bond acceptors (Lipinski definition) is 5. The molecule has 78 valence electrons. The average Bonchev–Trinajstić information content (AvgIpc) is 2.39. The van der Waals surface area contributed by atoms with E-state index >= 15 is 0 Å². The molecule has 0 bridgehead atoms. The molecule has 0 unspecified atom stereocenters. The third-order valence-corrected chi connectivity index (χ3v) is 2.09. The average molecular weight is 211 g/mol. The summed E-state index contributed by atoms with van der Waals surface area (Å²) in [7, 11) is 1.83. The van der Waals surface area contributed by atoms with E-state index in [4.69, 9.17) is 5.26 Å². The fourth-order valence-electron chi connectivity index (χ4n) is 1.24. The summed E-state index contributed by atoms with van der Waals surface area (Å²) in [6, 6.07) is 7.28. The smallest absolute Gasteiger partial charge is 0.230 e. The quantitative estimate of drug-likeness (QED) is 0.753. The van der Waals surface area contributed by atoms with Crippen LogP contribution < -0.4 is 4.90 Å². The lowest BCUT2D eigenvalue weighted by Crippen LogP contribution is -2.13. The zero-order valence-electron chi connectivity index (χ0n) is 8.70. The lowest BCUT2D eigenvalue weighted by atomic mass is 10.4. The summed E-state index contributed by atoms with van der Waals surface area (Å²) >= 11 is 0. The molecule has 0 aliphatic heterocycles. The number of nitrogens with zero attached hydrogens (tertiary/aromatic N) is 5. The van der Waals surface area contributed by atoms with Crippen molar-refractivity contribution in [2.45, 2.75) is 0 Å². The van der Waals surface area contributed by atoms with Crippen molar-refractivity contribution in [1.29, 1.82) is 5.26 Å². The molecule has 0 spiro atoms. The van der Waals surface area contributed by atoms with Gasteiger partial charge in [0.15, 0.2) is 0 Å². The predicted octanol–water partition coefficient (Wildman–Crippen LogP) is 1.51. The molecule has 2 rings (SSSR count). The van der Waals surface area contributed by atoms with E-state index in [0.717, 1.165) is 5.69 Å². The molecular weight excluding hydrogens is 202 g/mol. The van der Waals surface area contributed by atoms with Gasteiger partial charge in [-0.05, 0) is 18.2 Å². The van der Waals surface area contributed by atoms with E-state index in [0.29, 0.717) is 11.6 Å². The van der Waals surface area contributed by atoms with Crippen LogP contribution in [0.2, 0.25) is 0 Å². The molecule has 0 saturated carbocycles. The Labute approximate surface area is 93.0 Å². The molecule has 2 aromatic rings. The Morgan fingerprint density at radius 2 is 2.19 bits per heavy atom. The second-order valence-electron chi connectivity index (χ2n) is 3.12. The minimum Gasteiger partial charge on any atom is -0.312 e. The molecular formula is C11H9N5. The fourth-order valence-corrected chi connectivity index (χ4v) is 1.24. The van der Waals surface area contributed by atoms with Crippen LogP contribution in [0.3, 0.4) is 0 Å². The lowest BCUT2D eigenvalue weighted by molar-refractivity contribution is 1.02. The summed E-state index contributed by atoms with van der Waals surface area (Å²) in [5.41, 5.74) is 1.22. The molecule has 0 atom stereocenters. The van der Waals surface area contributed by atoms with Crippen molar-refractivity contribution in [2.24, 2.45) is 0 Å². The molecule has 0 amide bonds. The Morgan fingerprint density at radius 1 is 1.31 bits per heavy atom. The third-order valence-electron chi connectivity index (χ3n) is 2.09. The highest BCUT2D eigenvalue weighted by atomic mass is 15.2. The normalized spacial score (nSPS) is 9.50. The number of nitriles is 1. The summed E-state index contributed by atoms with van der Waals surface area (Å²) in [5.74, 6) is 0.479. The van der Waals surface area contributed by atoms with Crippen LogP contribution >= 0.6 is 0 Å². The maximum absolute atomic E-state index is 8.74. The molecule has 0 N–H and O–H groups in total. The van der Waals surface area contributed by atoms with Crippen molar-refractivity contribution in [3.8, 4) is 6.07 Å². The Hall–Kier alpha value is -2.48. The van der Waals surface area contributed by atoms with E-state index < -0.39 is 0 Å². The van der Waals surface area contributed by atoms with Crippen LogP contribution in [0.1, 0.15) is 5.69 Å². The van der Waals surface area contributed by atoms with Crippen molar-refractivity contribution >= 4 is 11.6 Å². The van der Waals surface area contributed by atoms with Gasteiger partial charge in [0, 0.05) is 19.4 Å². The van der Waals surface area contributed by atoms with Gasteiger partial charge in [-0.15, -0.1) is 0 Å². The summed E-state index contributed by atoms with van der Waals surface area (Å²) in [6.45, 7) is 0. The van der Waals surface area contributed by atoms with Crippen LogP contribution in [0, 0.1) is 11.3 Å². The maximum atomic E-state index is 8.74. The summed E-state index contributed by atoms with van der Waals surface area (Å²) in [4.78, 5) is 14.0. The lowest BCUT2D eigenvalue weighted by Gasteiger charge is -2.15. The van der Waals surface area contributed by atoms with Crippen LogP contribution in [-0.4, -0.2) is 22.0 Å². The van der Waals surface area contributed by atoms with Gasteiger partial charge in [-0.2, -0.15) is 5.26 Å². The van der Waals surface area contributed by atoms with E-state index in [2.05, 4.69) is 15.0 Å². The van der Waals surface area contributed by atoms with Crippen LogP contribution in [0.15, 0.2) is 36.8 Å². The van der Waals surface area contributed by atoms with Crippen molar-refractivity contribution in [3.05, 3.63) is 42.5 Å². The van der Waals surface area contributed by atoms with Gasteiger partial charge in [-0.25, -0.2) is 9.97 Å². The number of anilines is 2. The molecule has 0 radical (unpaired) electrons. The molecule has 16 heavy (non-hydrogen) atoms. The second kappa shape index (κ2) is 4.36. The monoisotopic (exact) mass is 211 g/mol. The SMILES string of the molecule is CN(c1cccnc1)c1nccc(C#N)n1. The molecule has 0 fully saturated rings. The zero-order chi connectivity index (χ0) is 11.4. The molecule has 2 heterocycles. The van der Waals surface area contributed by atoms with Gasteiger partial charge in [0.05, 0.1) is 11.9 Å². The highest BCUT2D eigenvalue weighted by Crippen LogP contribution is 2.17. The first-order valence-corrected chi connectivity index (χ1v) is 4.68. The first-order valence-electron chi connectivity index (χ1n) is 4.68. The number of hydrogen-bond donors (Lipinski definition) is 0. The molecule has 2 aromatic heterocycles. The summed E-state index contributed by atoms with van der Waals surface area (Å²) < 4.78 is 0. The first-order chi connectivity index (χ1) is 7.81. The second-order valence-corrected chi connectivity index (χ2v) is 3.12. The van der Waals surface area contributed by atoms with Crippen molar-refractivity contribution in [3.63, 3.8) is 0 Å². The number of pyridine rings is 1. The van der Waals surface area contributed by atoms with Crippen molar-refractivity contribution < 1.29 is 0 Å². The third kappa shape index (κ3) is 1.96. The molecule has 0 aliphatic carbocycles. The molecule has 5 heteroatoms. The van der Waals surface area contributed by atoms with Gasteiger partial charge in [-0.1, -0.05) is 0 Å². The van der Waals surface area contributed by atoms with Gasteiger partial charge in [0.1, 0.15) is 11.8 Å². The van der Waals surface area contributed by atoms with Crippen molar-refractivity contribution in [1.82, 2.24) is 15.0 Å². The first kappa shape index (κ1) is 10.1. The topological polar surface area (TPSA) is 65.7 Å². The van der Waals surface area contributed by atoms with E-state index in [1.807, 2.05) is 25.2 Å². The Balaban J connectivity index is 2.35. The standard InChI is InChI=1S/C11H9N5/c1-16(10-3-2-5-13-8-10)11-14-6-4-9(7-12)15-11/h2-6,8H,1H3. The van der Waals surface area contributed by atoms with Crippen LogP contribution in [-0.2, 0) is 0 Å². The molecule has 0 aliphatic rings. The minimum atomic E-state index is 0.348. The molecule has 0 aromatic carbocycles. The summed E-state index contributed by atoms with van der Waals surface area (Å²) in [5, 5.41) is 8.74. The highest BCUT2D eigenvalue weighted by molar-refractivity contribution is 5.54. The van der Waals surface area contributed by atoms with E-state index in [1.165, 1.54) is 0 Å². The van der Waals surface area contributed by atoms with Gasteiger partial charge < -0.3 is 4.90 Å². The maximum Gasteiger partial charge on any atom is 0.230 e. The number of rotatable bonds is 2. The van der Waals surface area contributed by atoms with Gasteiger partial charge in [-0.3, -0.25) is 4.98 Å². The van der Waals surface area contributed by atoms with Crippen LogP contribution in [0.4, 0.5) is 11.6 Å². The largest absolute Gasteiger partial charge is 0.312 e. The van der Waals surface area contributed by atoms with Gasteiger partial charge in [0.25, 0.3) is 0 Å². The molecule has 0 saturated heterocycles. The zero-order valence-corrected chi connectivity index (χ0v) is 8.70. The van der Waals surface area contributed by atoms with Crippen molar-refractivity contribution in [2.75, 3.05) is 11.9 Å². The molecule has 5 nitrogen and oxygen atoms in total. The predicted molar refractivity (Wildman–Crippen MR) is 59.0 cm³/mol. The summed E-state index contributed by atoms with van der Waals surface area (Å²) in [6.07, 6.45) is 4.97. The van der Waals surface area contributed by atoms with E-state index in [1.54, 1.807) is 29.6 Å².